The highest BCUT2D eigenvalue weighted by Crippen LogP contribution is 2.31. The number of carbonyl (C=O) groups is 2. The molecule has 1 aliphatic rings. The number of nitrogens with zero attached hydrogens (tertiary/aromatic N) is 1. The van der Waals surface area contributed by atoms with Crippen LogP contribution in [-0.2, 0) is 16.0 Å². The Morgan fingerprint density at radius 2 is 1.73 bits per heavy atom. The SMILES string of the molecule is C[C@@H]1Cc2ccccc2N1C(=O)COC(=O)c1cccc2ccccc12. The van der Waals surface area contributed by atoms with Gasteiger partial charge in [0.25, 0.3) is 5.91 Å². The molecule has 0 saturated carbocycles. The van der Waals surface area contributed by atoms with Crippen LogP contribution in [0.2, 0.25) is 0 Å². The summed E-state index contributed by atoms with van der Waals surface area (Å²) in [5.41, 5.74) is 2.53. The van der Waals surface area contributed by atoms with Gasteiger partial charge in [0.15, 0.2) is 6.61 Å². The topological polar surface area (TPSA) is 46.6 Å². The lowest BCUT2D eigenvalue weighted by molar-refractivity contribution is -0.122. The Hall–Kier alpha value is -3.14. The third kappa shape index (κ3) is 2.84. The van der Waals surface area contributed by atoms with E-state index < -0.39 is 5.97 Å². The van der Waals surface area contributed by atoms with Crippen LogP contribution in [0.3, 0.4) is 0 Å². The number of benzene rings is 3. The van der Waals surface area contributed by atoms with Gasteiger partial charge >= 0.3 is 5.97 Å². The lowest BCUT2D eigenvalue weighted by atomic mass is 10.1. The van der Waals surface area contributed by atoms with Gasteiger partial charge in [0, 0.05) is 11.7 Å². The van der Waals surface area contributed by atoms with Gasteiger partial charge in [-0.05, 0) is 41.8 Å². The van der Waals surface area contributed by atoms with Crippen molar-refractivity contribution in [3.8, 4) is 0 Å². The molecular formula is C22H19NO3. The van der Waals surface area contributed by atoms with Crippen molar-refractivity contribution >= 4 is 28.3 Å². The number of hydrogen-bond acceptors (Lipinski definition) is 3. The minimum Gasteiger partial charge on any atom is -0.452 e. The predicted molar refractivity (Wildman–Crippen MR) is 101 cm³/mol. The van der Waals surface area contributed by atoms with Crippen molar-refractivity contribution in [2.45, 2.75) is 19.4 Å². The fourth-order valence-corrected chi connectivity index (χ4v) is 3.62. The van der Waals surface area contributed by atoms with Crippen LogP contribution in [0.25, 0.3) is 10.8 Å². The maximum atomic E-state index is 12.7. The van der Waals surface area contributed by atoms with Gasteiger partial charge in [0.2, 0.25) is 0 Å². The second kappa shape index (κ2) is 6.64. The molecule has 0 aromatic heterocycles. The Morgan fingerprint density at radius 1 is 1.00 bits per heavy atom. The van der Waals surface area contributed by atoms with Crippen LogP contribution in [-0.4, -0.2) is 24.5 Å². The molecule has 0 saturated heterocycles. The molecule has 4 heteroatoms. The highest BCUT2D eigenvalue weighted by atomic mass is 16.5. The third-order valence-electron chi connectivity index (χ3n) is 4.81. The highest BCUT2D eigenvalue weighted by molar-refractivity contribution is 6.05. The van der Waals surface area contributed by atoms with Gasteiger partial charge in [-0.15, -0.1) is 0 Å². The van der Waals surface area contributed by atoms with Crippen LogP contribution < -0.4 is 4.90 Å². The van der Waals surface area contributed by atoms with Gasteiger partial charge in [-0.3, -0.25) is 4.79 Å². The number of carbonyl (C=O) groups excluding carboxylic acids is 2. The summed E-state index contributed by atoms with van der Waals surface area (Å²) in [7, 11) is 0. The van der Waals surface area contributed by atoms with Crippen molar-refractivity contribution in [1.29, 1.82) is 0 Å². The van der Waals surface area contributed by atoms with Crippen molar-refractivity contribution in [3.63, 3.8) is 0 Å². The quantitative estimate of drug-likeness (QED) is 0.675. The fourth-order valence-electron chi connectivity index (χ4n) is 3.62. The second-order valence-electron chi connectivity index (χ2n) is 6.55. The zero-order chi connectivity index (χ0) is 18.1. The molecule has 0 unspecified atom stereocenters. The van der Waals surface area contributed by atoms with Gasteiger partial charge in [-0.25, -0.2) is 4.79 Å². The first-order valence-electron chi connectivity index (χ1n) is 8.70. The Kier molecular flexibility index (Phi) is 4.17. The number of anilines is 1. The monoisotopic (exact) mass is 345 g/mol. The van der Waals surface area contributed by atoms with E-state index in [0.29, 0.717) is 5.56 Å². The minimum atomic E-state index is -0.477. The first kappa shape index (κ1) is 16.3. The predicted octanol–water partition coefficient (Wildman–Crippen LogP) is 3.97. The molecule has 0 spiro atoms. The van der Waals surface area contributed by atoms with Gasteiger partial charge in [0.05, 0.1) is 5.56 Å². The lowest BCUT2D eigenvalue weighted by Gasteiger charge is -2.22. The van der Waals surface area contributed by atoms with Crippen LogP contribution in [0.4, 0.5) is 5.69 Å². The number of esters is 1. The molecule has 4 rings (SSSR count). The molecule has 1 atom stereocenters. The van der Waals surface area contributed by atoms with Crippen molar-refractivity contribution < 1.29 is 14.3 Å². The summed E-state index contributed by atoms with van der Waals surface area (Å²) in [6, 6.07) is 21.0. The fraction of sp³-hybridized carbons (Fsp3) is 0.182. The molecule has 0 radical (unpaired) electrons. The molecule has 0 bridgehead atoms. The van der Waals surface area contributed by atoms with Crippen LogP contribution >= 0.6 is 0 Å². The molecule has 0 aliphatic carbocycles. The van der Waals surface area contributed by atoms with Crippen LogP contribution in [0.5, 0.6) is 0 Å². The van der Waals surface area contributed by atoms with Gasteiger partial charge in [0.1, 0.15) is 0 Å². The largest absolute Gasteiger partial charge is 0.452 e. The zero-order valence-electron chi connectivity index (χ0n) is 14.5. The molecule has 3 aromatic rings. The van der Waals surface area contributed by atoms with Crippen LogP contribution in [0.15, 0.2) is 66.7 Å². The van der Waals surface area contributed by atoms with E-state index >= 15 is 0 Å². The normalized spacial score (nSPS) is 15.7. The van der Waals surface area contributed by atoms with Gasteiger partial charge in [-0.1, -0.05) is 54.6 Å². The number of rotatable bonds is 3. The number of amides is 1. The number of para-hydroxylation sites is 1. The summed E-state index contributed by atoms with van der Waals surface area (Å²) in [6.45, 7) is 1.74. The molecule has 3 aromatic carbocycles. The molecule has 0 N–H and O–H groups in total. The highest BCUT2D eigenvalue weighted by Gasteiger charge is 2.31. The van der Waals surface area contributed by atoms with Gasteiger partial charge < -0.3 is 9.64 Å². The Balaban J connectivity index is 1.50. The van der Waals surface area contributed by atoms with E-state index in [1.807, 2.05) is 67.6 Å². The summed E-state index contributed by atoms with van der Waals surface area (Å²) in [5, 5.41) is 1.79. The Bertz CT molecular complexity index is 990. The molecule has 4 nitrogen and oxygen atoms in total. The van der Waals surface area contributed by atoms with E-state index in [-0.39, 0.29) is 18.6 Å². The van der Waals surface area contributed by atoms with Crippen molar-refractivity contribution in [3.05, 3.63) is 77.9 Å². The smallest absolute Gasteiger partial charge is 0.339 e. The van der Waals surface area contributed by atoms with Crippen molar-refractivity contribution in [1.82, 2.24) is 0 Å². The maximum absolute atomic E-state index is 12.7. The van der Waals surface area contributed by atoms with Crippen LogP contribution in [0, 0.1) is 0 Å². The first-order chi connectivity index (χ1) is 12.6. The van der Waals surface area contributed by atoms with Gasteiger partial charge in [-0.2, -0.15) is 0 Å². The molecule has 1 amide bonds. The molecular weight excluding hydrogens is 326 g/mol. The summed E-state index contributed by atoms with van der Waals surface area (Å²) in [6.07, 6.45) is 0.819. The standard InChI is InChI=1S/C22H19NO3/c1-15-13-17-8-3-5-12-20(17)23(15)21(24)14-26-22(25)19-11-6-9-16-7-2-4-10-18(16)19/h2-12,15H,13-14H2,1H3/t15-/m1/s1. The number of hydrogen-bond donors (Lipinski definition) is 0. The van der Waals surface area contributed by atoms with E-state index in [0.717, 1.165) is 28.4 Å². The van der Waals surface area contributed by atoms with Crippen molar-refractivity contribution in [2.75, 3.05) is 11.5 Å². The Labute approximate surface area is 152 Å². The average molecular weight is 345 g/mol. The van der Waals surface area contributed by atoms with E-state index in [2.05, 4.69) is 0 Å². The summed E-state index contributed by atoms with van der Waals surface area (Å²) < 4.78 is 5.34. The molecule has 26 heavy (non-hydrogen) atoms. The molecule has 1 aliphatic heterocycles. The second-order valence-corrected chi connectivity index (χ2v) is 6.55. The molecule has 1 heterocycles. The van der Waals surface area contributed by atoms with E-state index in [1.54, 1.807) is 11.0 Å². The first-order valence-corrected chi connectivity index (χ1v) is 8.70. The zero-order valence-corrected chi connectivity index (χ0v) is 14.5. The van der Waals surface area contributed by atoms with E-state index in [4.69, 9.17) is 4.74 Å². The maximum Gasteiger partial charge on any atom is 0.339 e. The third-order valence-corrected chi connectivity index (χ3v) is 4.81. The number of ether oxygens (including phenoxy) is 1. The van der Waals surface area contributed by atoms with E-state index in [1.165, 1.54) is 0 Å². The van der Waals surface area contributed by atoms with Crippen LogP contribution in [0.1, 0.15) is 22.8 Å². The lowest BCUT2D eigenvalue weighted by Crippen LogP contribution is -2.38. The minimum absolute atomic E-state index is 0.0659. The molecule has 130 valence electrons. The summed E-state index contributed by atoms with van der Waals surface area (Å²) in [5.74, 6) is -0.675. The number of fused-ring (bicyclic) bond motifs is 2. The summed E-state index contributed by atoms with van der Waals surface area (Å²) >= 11 is 0. The average Bonchev–Trinajstić information content (AvgIpc) is 3.01. The van der Waals surface area contributed by atoms with Crippen molar-refractivity contribution in [2.24, 2.45) is 0 Å². The summed E-state index contributed by atoms with van der Waals surface area (Å²) in [4.78, 5) is 26.9. The Morgan fingerprint density at radius 3 is 2.62 bits per heavy atom. The van der Waals surface area contributed by atoms with E-state index in [9.17, 15) is 9.59 Å². The molecule has 0 fully saturated rings.